The molecule has 0 aliphatic heterocycles. The fourth-order valence-corrected chi connectivity index (χ4v) is 2.53. The van der Waals surface area contributed by atoms with Gasteiger partial charge in [0.25, 0.3) is 0 Å². The Labute approximate surface area is 138 Å². The molecule has 0 aromatic heterocycles. The lowest BCUT2D eigenvalue weighted by molar-refractivity contribution is 1.37. The molecule has 0 heterocycles. The van der Waals surface area contributed by atoms with Gasteiger partial charge in [-0.2, -0.15) is 0 Å². The first-order chi connectivity index (χ1) is 11.1. The molecule has 2 N–H and O–H groups in total. The van der Waals surface area contributed by atoms with E-state index in [1.54, 1.807) is 0 Å². The molecule has 0 atom stereocenters. The van der Waals surface area contributed by atoms with Crippen LogP contribution in [0.1, 0.15) is 16.7 Å². The highest BCUT2D eigenvalue weighted by Crippen LogP contribution is 2.25. The summed E-state index contributed by atoms with van der Waals surface area (Å²) in [5.41, 5.74) is 8.23. The van der Waals surface area contributed by atoms with Crippen LogP contribution < -0.4 is 10.6 Å². The zero-order valence-corrected chi connectivity index (χ0v) is 13.9. The molecular weight excluding hydrogens is 280 g/mol. The first-order valence-corrected chi connectivity index (χ1v) is 7.89. The molecule has 3 rings (SSSR count). The Morgan fingerprint density at radius 2 is 1.13 bits per heavy atom. The summed E-state index contributed by atoms with van der Waals surface area (Å²) in [6.07, 6.45) is 0. The second-order valence-electron chi connectivity index (χ2n) is 5.96. The monoisotopic (exact) mass is 302 g/mol. The molecule has 0 saturated carbocycles. The van der Waals surface area contributed by atoms with E-state index in [0.29, 0.717) is 0 Å². The second-order valence-corrected chi connectivity index (χ2v) is 5.96. The van der Waals surface area contributed by atoms with Gasteiger partial charge in [-0.05, 0) is 73.9 Å². The summed E-state index contributed by atoms with van der Waals surface area (Å²) in [5, 5.41) is 6.94. The van der Waals surface area contributed by atoms with E-state index >= 15 is 0 Å². The van der Waals surface area contributed by atoms with Gasteiger partial charge in [0.2, 0.25) is 0 Å². The summed E-state index contributed by atoms with van der Waals surface area (Å²) in [4.78, 5) is 0. The maximum absolute atomic E-state index is 3.49. The van der Waals surface area contributed by atoms with E-state index in [4.69, 9.17) is 0 Å². The predicted molar refractivity (Wildman–Crippen MR) is 100 cm³/mol. The highest BCUT2D eigenvalue weighted by atomic mass is 14.9. The minimum absolute atomic E-state index is 1.09. The van der Waals surface area contributed by atoms with Crippen LogP contribution in [0, 0.1) is 20.8 Å². The van der Waals surface area contributed by atoms with Crippen molar-refractivity contribution in [3.05, 3.63) is 83.4 Å². The molecule has 3 aromatic carbocycles. The topological polar surface area (TPSA) is 24.1 Å². The minimum Gasteiger partial charge on any atom is -0.355 e. The van der Waals surface area contributed by atoms with Gasteiger partial charge >= 0.3 is 0 Å². The van der Waals surface area contributed by atoms with Crippen LogP contribution in [0.4, 0.5) is 22.7 Å². The number of hydrogen-bond acceptors (Lipinski definition) is 2. The summed E-state index contributed by atoms with van der Waals surface area (Å²) in [5.74, 6) is 0. The summed E-state index contributed by atoms with van der Waals surface area (Å²) in [6.45, 7) is 6.34. The van der Waals surface area contributed by atoms with E-state index in [0.717, 1.165) is 22.7 Å². The number of hydrogen-bond donors (Lipinski definition) is 2. The van der Waals surface area contributed by atoms with Crippen molar-refractivity contribution >= 4 is 22.7 Å². The van der Waals surface area contributed by atoms with Crippen LogP contribution in [0.3, 0.4) is 0 Å². The number of benzene rings is 3. The van der Waals surface area contributed by atoms with Crippen LogP contribution >= 0.6 is 0 Å². The van der Waals surface area contributed by atoms with Crippen molar-refractivity contribution < 1.29 is 0 Å². The second kappa shape index (κ2) is 6.57. The Morgan fingerprint density at radius 3 is 1.78 bits per heavy atom. The molecule has 0 spiro atoms. The number of nitrogens with one attached hydrogen (secondary N) is 2. The molecule has 0 aliphatic rings. The molecule has 0 unspecified atom stereocenters. The third-order valence-corrected chi connectivity index (χ3v) is 3.98. The van der Waals surface area contributed by atoms with E-state index in [2.05, 4.69) is 92.1 Å². The lowest BCUT2D eigenvalue weighted by atomic mass is 10.1. The van der Waals surface area contributed by atoms with E-state index < -0.39 is 0 Å². The number of rotatable bonds is 4. The van der Waals surface area contributed by atoms with Gasteiger partial charge in [0.1, 0.15) is 0 Å². The molecule has 0 aliphatic carbocycles. The van der Waals surface area contributed by atoms with Crippen molar-refractivity contribution in [3.8, 4) is 0 Å². The Hall–Kier alpha value is -2.74. The predicted octanol–water partition coefficient (Wildman–Crippen LogP) is 6.10. The maximum atomic E-state index is 3.49. The fraction of sp³-hybridized carbons (Fsp3) is 0.143. The largest absolute Gasteiger partial charge is 0.355 e. The van der Waals surface area contributed by atoms with Crippen molar-refractivity contribution in [2.45, 2.75) is 20.8 Å². The Morgan fingerprint density at radius 1 is 0.565 bits per heavy atom. The van der Waals surface area contributed by atoms with Crippen molar-refractivity contribution in [2.24, 2.45) is 0 Å². The molecule has 23 heavy (non-hydrogen) atoms. The maximum Gasteiger partial charge on any atom is 0.0416 e. The van der Waals surface area contributed by atoms with Crippen molar-refractivity contribution in [1.29, 1.82) is 0 Å². The summed E-state index contributed by atoms with van der Waals surface area (Å²) >= 11 is 0. The Balaban J connectivity index is 1.75. The number of aryl methyl sites for hydroxylation is 3. The first-order valence-electron chi connectivity index (χ1n) is 7.89. The fourth-order valence-electron chi connectivity index (χ4n) is 2.53. The highest BCUT2D eigenvalue weighted by Gasteiger charge is 2.01. The van der Waals surface area contributed by atoms with E-state index in [1.807, 2.05) is 6.07 Å². The summed E-state index contributed by atoms with van der Waals surface area (Å²) in [6, 6.07) is 23.2. The van der Waals surface area contributed by atoms with E-state index in [9.17, 15) is 0 Å². The van der Waals surface area contributed by atoms with E-state index in [1.165, 1.54) is 16.7 Å². The van der Waals surface area contributed by atoms with Crippen molar-refractivity contribution in [2.75, 3.05) is 10.6 Å². The average molecular weight is 302 g/mol. The first kappa shape index (κ1) is 15.2. The van der Waals surface area contributed by atoms with Gasteiger partial charge in [-0.1, -0.05) is 30.3 Å². The normalized spacial score (nSPS) is 10.4. The standard InChI is InChI=1S/C21H22N2/c1-15-8-9-17(3)21(14-15)23-19-12-10-18(11-13-19)22-20-7-5-4-6-16(20)2/h4-14,22-23H,1-3H3. The highest BCUT2D eigenvalue weighted by molar-refractivity contribution is 5.68. The van der Waals surface area contributed by atoms with E-state index in [-0.39, 0.29) is 0 Å². The lowest BCUT2D eigenvalue weighted by Gasteiger charge is -2.12. The molecule has 0 fully saturated rings. The van der Waals surface area contributed by atoms with Gasteiger partial charge < -0.3 is 10.6 Å². The SMILES string of the molecule is Cc1ccc(C)c(Nc2ccc(Nc3ccccc3C)cc2)c1. The van der Waals surface area contributed by atoms with Crippen LogP contribution in [-0.2, 0) is 0 Å². The van der Waals surface area contributed by atoms with Gasteiger partial charge in [0.15, 0.2) is 0 Å². The third kappa shape index (κ3) is 3.72. The van der Waals surface area contributed by atoms with Gasteiger partial charge in [-0.3, -0.25) is 0 Å². The van der Waals surface area contributed by atoms with Crippen LogP contribution in [0.25, 0.3) is 0 Å². The summed E-state index contributed by atoms with van der Waals surface area (Å²) in [7, 11) is 0. The van der Waals surface area contributed by atoms with Crippen molar-refractivity contribution in [1.82, 2.24) is 0 Å². The zero-order chi connectivity index (χ0) is 16.2. The zero-order valence-electron chi connectivity index (χ0n) is 13.9. The van der Waals surface area contributed by atoms with Gasteiger partial charge in [-0.15, -0.1) is 0 Å². The number of anilines is 4. The van der Waals surface area contributed by atoms with Crippen LogP contribution in [0.2, 0.25) is 0 Å². The smallest absolute Gasteiger partial charge is 0.0416 e. The van der Waals surface area contributed by atoms with Crippen molar-refractivity contribution in [3.63, 3.8) is 0 Å². The summed E-state index contributed by atoms with van der Waals surface area (Å²) < 4.78 is 0. The molecular formula is C21H22N2. The van der Waals surface area contributed by atoms with Crippen LogP contribution in [0.15, 0.2) is 66.7 Å². The minimum atomic E-state index is 1.09. The van der Waals surface area contributed by atoms with Crippen LogP contribution in [0.5, 0.6) is 0 Å². The number of para-hydroxylation sites is 1. The molecule has 2 heteroatoms. The molecule has 0 bridgehead atoms. The molecule has 116 valence electrons. The Kier molecular flexibility index (Phi) is 4.33. The molecule has 0 amide bonds. The molecule has 0 radical (unpaired) electrons. The molecule has 3 aromatic rings. The van der Waals surface area contributed by atoms with Gasteiger partial charge in [0.05, 0.1) is 0 Å². The molecule has 2 nitrogen and oxygen atoms in total. The molecule has 0 saturated heterocycles. The quantitative estimate of drug-likeness (QED) is 0.608. The van der Waals surface area contributed by atoms with Gasteiger partial charge in [0, 0.05) is 22.7 Å². The van der Waals surface area contributed by atoms with Crippen LogP contribution in [-0.4, -0.2) is 0 Å². The Bertz CT molecular complexity index is 804. The average Bonchev–Trinajstić information content (AvgIpc) is 2.55. The third-order valence-electron chi connectivity index (χ3n) is 3.98. The lowest BCUT2D eigenvalue weighted by Crippen LogP contribution is -1.95. The van der Waals surface area contributed by atoms with Gasteiger partial charge in [-0.25, -0.2) is 0 Å².